The number of aromatic nitrogens is 1. The summed E-state index contributed by atoms with van der Waals surface area (Å²) in [7, 11) is 1.70. The first-order valence-corrected chi connectivity index (χ1v) is 8.98. The fraction of sp³-hybridized carbons (Fsp3) is 0.176. The van der Waals surface area contributed by atoms with Gasteiger partial charge in [-0.15, -0.1) is 22.7 Å². The Morgan fingerprint density at radius 3 is 2.88 bits per heavy atom. The Morgan fingerprint density at radius 1 is 1.33 bits per heavy atom. The van der Waals surface area contributed by atoms with Crippen molar-refractivity contribution in [2.24, 2.45) is 0 Å². The predicted octanol–water partition coefficient (Wildman–Crippen LogP) is 3.92. The number of hydrogen-bond donors (Lipinski definition) is 1. The Bertz CT molecular complexity index is 846. The van der Waals surface area contributed by atoms with Crippen molar-refractivity contribution >= 4 is 28.6 Å². The van der Waals surface area contributed by atoms with E-state index in [1.165, 1.54) is 12.1 Å². The molecule has 0 aliphatic carbocycles. The number of halogens is 1. The highest BCUT2D eigenvalue weighted by Crippen LogP contribution is 2.28. The predicted molar refractivity (Wildman–Crippen MR) is 93.7 cm³/mol. The molecule has 0 unspecified atom stereocenters. The number of phenolic OH excluding ortho intramolecular Hbond substituents is 1. The van der Waals surface area contributed by atoms with Crippen LogP contribution in [0.1, 0.15) is 11.3 Å². The molecule has 0 saturated heterocycles. The van der Waals surface area contributed by atoms with Gasteiger partial charge in [0, 0.05) is 12.4 Å². The SMILES string of the molecule is CN(Cc1csc(-c2cccs2)n1)C(=O)Cc1ccc(O)c(F)c1. The van der Waals surface area contributed by atoms with E-state index >= 15 is 0 Å². The maximum Gasteiger partial charge on any atom is 0.227 e. The molecule has 0 spiro atoms. The zero-order valence-electron chi connectivity index (χ0n) is 12.9. The monoisotopic (exact) mass is 362 g/mol. The lowest BCUT2D eigenvalue weighted by Gasteiger charge is -2.16. The number of thiazole rings is 1. The fourth-order valence-corrected chi connectivity index (χ4v) is 3.82. The molecule has 3 rings (SSSR count). The van der Waals surface area contributed by atoms with Crippen molar-refractivity contribution in [3.05, 3.63) is 58.2 Å². The molecule has 7 heteroatoms. The van der Waals surface area contributed by atoms with Crippen LogP contribution in [0, 0.1) is 5.82 Å². The number of amides is 1. The minimum absolute atomic E-state index is 0.0790. The van der Waals surface area contributed by atoms with Crippen molar-refractivity contribution in [2.45, 2.75) is 13.0 Å². The molecular weight excluding hydrogens is 347 g/mol. The van der Waals surface area contributed by atoms with Crippen LogP contribution in [0.15, 0.2) is 41.1 Å². The van der Waals surface area contributed by atoms with Crippen molar-refractivity contribution in [2.75, 3.05) is 7.05 Å². The Balaban J connectivity index is 1.62. The number of thiophene rings is 1. The zero-order chi connectivity index (χ0) is 17.1. The van der Waals surface area contributed by atoms with Crippen molar-refractivity contribution in [1.29, 1.82) is 0 Å². The second-order valence-electron chi connectivity index (χ2n) is 5.33. The number of carbonyl (C=O) groups excluding carboxylic acids is 1. The molecule has 0 aliphatic rings. The van der Waals surface area contributed by atoms with E-state index in [0.717, 1.165) is 15.6 Å². The maximum atomic E-state index is 13.3. The third kappa shape index (κ3) is 3.80. The standard InChI is InChI=1S/C17H15FN2O2S2/c1-20(16(22)8-11-4-5-14(21)13(18)7-11)9-12-10-24-17(19-12)15-3-2-6-23-15/h2-7,10,21H,8-9H2,1H3. The summed E-state index contributed by atoms with van der Waals surface area (Å²) in [4.78, 5) is 19.5. The molecule has 2 heterocycles. The number of rotatable bonds is 5. The molecule has 0 bridgehead atoms. The van der Waals surface area contributed by atoms with Gasteiger partial charge in [0.15, 0.2) is 11.6 Å². The maximum absolute atomic E-state index is 13.3. The third-order valence-electron chi connectivity index (χ3n) is 3.48. The number of phenols is 1. The van der Waals surface area contributed by atoms with Crippen molar-refractivity contribution in [1.82, 2.24) is 9.88 Å². The van der Waals surface area contributed by atoms with Crippen LogP contribution in [0.3, 0.4) is 0 Å². The molecule has 0 aliphatic heterocycles. The molecule has 1 N–H and O–H groups in total. The quantitative estimate of drug-likeness (QED) is 0.748. The number of likely N-dealkylation sites (N-methyl/N-ethyl adjacent to an activating group) is 1. The first kappa shape index (κ1) is 16.6. The highest BCUT2D eigenvalue weighted by Gasteiger charge is 2.14. The molecule has 24 heavy (non-hydrogen) atoms. The van der Waals surface area contributed by atoms with Crippen molar-refractivity contribution in [3.8, 4) is 15.6 Å². The van der Waals surface area contributed by atoms with Gasteiger partial charge in [-0.05, 0) is 29.1 Å². The minimum atomic E-state index is -0.719. The Labute approximate surface area is 146 Å². The number of nitrogens with zero attached hydrogens (tertiary/aromatic N) is 2. The van der Waals surface area contributed by atoms with Gasteiger partial charge in [0.2, 0.25) is 5.91 Å². The van der Waals surface area contributed by atoms with E-state index < -0.39 is 11.6 Å². The molecule has 4 nitrogen and oxygen atoms in total. The van der Waals surface area contributed by atoms with Gasteiger partial charge in [-0.2, -0.15) is 0 Å². The van der Waals surface area contributed by atoms with Crippen LogP contribution >= 0.6 is 22.7 Å². The highest BCUT2D eigenvalue weighted by molar-refractivity contribution is 7.20. The Hall–Kier alpha value is -2.25. The van der Waals surface area contributed by atoms with Crippen LogP contribution in [0.2, 0.25) is 0 Å². The molecule has 0 atom stereocenters. The largest absolute Gasteiger partial charge is 0.505 e. The first-order chi connectivity index (χ1) is 11.5. The molecule has 124 valence electrons. The van der Waals surface area contributed by atoms with Gasteiger partial charge >= 0.3 is 0 Å². The topological polar surface area (TPSA) is 53.4 Å². The zero-order valence-corrected chi connectivity index (χ0v) is 14.5. The summed E-state index contributed by atoms with van der Waals surface area (Å²) >= 11 is 3.18. The third-order valence-corrected chi connectivity index (χ3v) is 5.41. The number of benzene rings is 1. The molecule has 1 aromatic carbocycles. The van der Waals surface area contributed by atoms with Gasteiger partial charge in [-0.3, -0.25) is 4.79 Å². The molecule has 0 radical (unpaired) electrons. The average Bonchev–Trinajstić information content (AvgIpc) is 3.21. The molecule has 0 saturated carbocycles. The second kappa shape index (κ2) is 7.11. The number of carbonyl (C=O) groups is 1. The molecule has 0 fully saturated rings. The first-order valence-electron chi connectivity index (χ1n) is 7.22. The van der Waals surface area contributed by atoms with Crippen LogP contribution in [0.25, 0.3) is 9.88 Å². The van der Waals surface area contributed by atoms with Gasteiger partial charge in [0.05, 0.1) is 23.5 Å². The smallest absolute Gasteiger partial charge is 0.227 e. The lowest BCUT2D eigenvalue weighted by atomic mass is 10.1. The van der Waals surface area contributed by atoms with Crippen LogP contribution in [0.4, 0.5) is 4.39 Å². The Morgan fingerprint density at radius 2 is 2.17 bits per heavy atom. The number of hydrogen-bond acceptors (Lipinski definition) is 5. The summed E-state index contributed by atoms with van der Waals surface area (Å²) < 4.78 is 13.3. The molecular formula is C17H15FN2O2S2. The second-order valence-corrected chi connectivity index (χ2v) is 7.14. The van der Waals surface area contributed by atoms with E-state index in [4.69, 9.17) is 0 Å². The summed E-state index contributed by atoms with van der Waals surface area (Å²) in [6.07, 6.45) is 0.0790. The molecule has 3 aromatic rings. The van der Waals surface area contributed by atoms with Gasteiger partial charge in [0.25, 0.3) is 0 Å². The highest BCUT2D eigenvalue weighted by atomic mass is 32.1. The van der Waals surface area contributed by atoms with Gasteiger partial charge in [-0.1, -0.05) is 12.1 Å². The summed E-state index contributed by atoms with van der Waals surface area (Å²) in [5.74, 6) is -1.27. The van der Waals surface area contributed by atoms with Crippen LogP contribution in [-0.4, -0.2) is 27.9 Å². The van der Waals surface area contributed by atoms with E-state index in [-0.39, 0.29) is 12.3 Å². The van der Waals surface area contributed by atoms with E-state index in [1.807, 2.05) is 22.9 Å². The lowest BCUT2D eigenvalue weighted by molar-refractivity contribution is -0.129. The normalized spacial score (nSPS) is 10.8. The van der Waals surface area contributed by atoms with Gasteiger partial charge < -0.3 is 10.0 Å². The summed E-state index contributed by atoms with van der Waals surface area (Å²) in [6, 6.07) is 7.97. The summed E-state index contributed by atoms with van der Waals surface area (Å²) in [6.45, 7) is 0.404. The van der Waals surface area contributed by atoms with Crippen LogP contribution in [-0.2, 0) is 17.8 Å². The van der Waals surface area contributed by atoms with E-state index in [0.29, 0.717) is 12.1 Å². The number of aromatic hydroxyl groups is 1. The summed E-state index contributed by atoms with van der Waals surface area (Å²) in [5, 5.41) is 14.1. The lowest BCUT2D eigenvalue weighted by Crippen LogP contribution is -2.27. The summed E-state index contributed by atoms with van der Waals surface area (Å²) in [5.41, 5.74) is 1.36. The van der Waals surface area contributed by atoms with Gasteiger partial charge in [0.1, 0.15) is 5.01 Å². The van der Waals surface area contributed by atoms with E-state index in [1.54, 1.807) is 40.7 Å². The minimum Gasteiger partial charge on any atom is -0.505 e. The molecule has 1 amide bonds. The fourth-order valence-electron chi connectivity index (χ4n) is 2.19. The molecule has 2 aromatic heterocycles. The van der Waals surface area contributed by atoms with Crippen LogP contribution < -0.4 is 0 Å². The van der Waals surface area contributed by atoms with Crippen molar-refractivity contribution in [3.63, 3.8) is 0 Å². The van der Waals surface area contributed by atoms with E-state index in [9.17, 15) is 14.3 Å². The van der Waals surface area contributed by atoms with Crippen molar-refractivity contribution < 1.29 is 14.3 Å². The van der Waals surface area contributed by atoms with Gasteiger partial charge in [-0.25, -0.2) is 9.37 Å². The Kier molecular flexibility index (Phi) is 4.92. The van der Waals surface area contributed by atoms with Crippen LogP contribution in [0.5, 0.6) is 5.75 Å². The average molecular weight is 362 g/mol. The van der Waals surface area contributed by atoms with E-state index in [2.05, 4.69) is 4.98 Å².